The van der Waals surface area contributed by atoms with Crippen molar-refractivity contribution >= 4 is 11.3 Å². The molecule has 2 rings (SSSR count). The van der Waals surface area contributed by atoms with Crippen molar-refractivity contribution in [3.8, 4) is 0 Å². The number of benzene rings is 1. The second kappa shape index (κ2) is 7.31. The van der Waals surface area contributed by atoms with E-state index in [-0.39, 0.29) is 0 Å². The molecule has 0 amide bonds. The summed E-state index contributed by atoms with van der Waals surface area (Å²) in [6, 6.07) is 12.8. The Morgan fingerprint density at radius 3 is 2.83 bits per heavy atom. The first-order valence-corrected chi connectivity index (χ1v) is 7.09. The summed E-state index contributed by atoms with van der Waals surface area (Å²) < 4.78 is 5.71. The number of rotatable bonds is 7. The Hall–Kier alpha value is -1.16. The fraction of sp³-hybridized carbons (Fsp3) is 0.333. The van der Waals surface area contributed by atoms with Crippen LogP contribution >= 0.6 is 11.3 Å². The average Bonchev–Trinajstić information content (AvgIpc) is 2.89. The highest BCUT2D eigenvalue weighted by Crippen LogP contribution is 2.10. The highest BCUT2D eigenvalue weighted by Gasteiger charge is 1.97. The van der Waals surface area contributed by atoms with Crippen molar-refractivity contribution in [3.63, 3.8) is 0 Å². The molecule has 2 aromatic rings. The molecule has 0 fully saturated rings. The van der Waals surface area contributed by atoms with Crippen molar-refractivity contribution in [2.24, 2.45) is 0 Å². The summed E-state index contributed by atoms with van der Waals surface area (Å²) in [5, 5.41) is 5.27. The van der Waals surface area contributed by atoms with Crippen LogP contribution in [0.4, 0.5) is 0 Å². The van der Waals surface area contributed by atoms with Gasteiger partial charge in [-0.15, -0.1) is 11.3 Å². The van der Waals surface area contributed by atoms with E-state index in [9.17, 15) is 0 Å². The Bertz CT molecular complexity index is 453. The SMILES string of the molecule is CNCc1cccc(COCCc2cccs2)c1. The molecule has 0 saturated heterocycles. The lowest BCUT2D eigenvalue weighted by Gasteiger charge is -2.06. The molecular weight excluding hydrogens is 242 g/mol. The van der Waals surface area contributed by atoms with Crippen LogP contribution in [0.2, 0.25) is 0 Å². The molecule has 0 aliphatic rings. The van der Waals surface area contributed by atoms with Gasteiger partial charge in [0.25, 0.3) is 0 Å². The van der Waals surface area contributed by atoms with Gasteiger partial charge >= 0.3 is 0 Å². The first-order chi connectivity index (χ1) is 8.88. The van der Waals surface area contributed by atoms with Gasteiger partial charge in [-0.2, -0.15) is 0 Å². The lowest BCUT2D eigenvalue weighted by Crippen LogP contribution is -2.05. The Labute approximate surface area is 113 Å². The molecule has 0 aliphatic heterocycles. The predicted octanol–water partition coefficient (Wildman–Crippen LogP) is 3.23. The van der Waals surface area contributed by atoms with Crippen LogP contribution in [0.3, 0.4) is 0 Å². The largest absolute Gasteiger partial charge is 0.376 e. The van der Waals surface area contributed by atoms with Gasteiger partial charge in [0.05, 0.1) is 13.2 Å². The molecule has 0 spiro atoms. The molecule has 3 heteroatoms. The average molecular weight is 261 g/mol. The molecule has 0 bridgehead atoms. The van der Waals surface area contributed by atoms with E-state index in [0.717, 1.165) is 19.6 Å². The highest BCUT2D eigenvalue weighted by molar-refractivity contribution is 7.09. The summed E-state index contributed by atoms with van der Waals surface area (Å²) in [6.07, 6.45) is 1.01. The van der Waals surface area contributed by atoms with Crippen LogP contribution in [-0.2, 0) is 24.3 Å². The summed E-state index contributed by atoms with van der Waals surface area (Å²) in [5.41, 5.74) is 2.55. The van der Waals surface area contributed by atoms with E-state index in [4.69, 9.17) is 4.74 Å². The molecule has 1 N–H and O–H groups in total. The molecule has 0 unspecified atom stereocenters. The maximum Gasteiger partial charge on any atom is 0.0717 e. The van der Waals surface area contributed by atoms with Gasteiger partial charge in [0.15, 0.2) is 0 Å². The third-order valence-corrected chi connectivity index (χ3v) is 3.65. The standard InChI is InChI=1S/C15H19NOS/c1-16-11-13-4-2-5-14(10-13)12-17-8-7-15-6-3-9-18-15/h2-6,9-10,16H,7-8,11-12H2,1H3. The lowest BCUT2D eigenvalue weighted by molar-refractivity contribution is 0.124. The van der Waals surface area contributed by atoms with Crippen molar-refractivity contribution in [3.05, 3.63) is 57.8 Å². The number of thiophene rings is 1. The molecular formula is C15H19NOS. The minimum Gasteiger partial charge on any atom is -0.376 e. The zero-order valence-corrected chi connectivity index (χ0v) is 11.5. The van der Waals surface area contributed by atoms with Crippen LogP contribution in [0.1, 0.15) is 16.0 Å². The summed E-state index contributed by atoms with van der Waals surface area (Å²) in [4.78, 5) is 1.39. The van der Waals surface area contributed by atoms with Crippen molar-refractivity contribution in [2.45, 2.75) is 19.6 Å². The van der Waals surface area contributed by atoms with E-state index in [2.05, 4.69) is 47.1 Å². The minimum absolute atomic E-state index is 0.697. The number of nitrogens with one attached hydrogen (secondary N) is 1. The van der Waals surface area contributed by atoms with E-state index < -0.39 is 0 Å². The summed E-state index contributed by atoms with van der Waals surface area (Å²) >= 11 is 1.79. The molecule has 0 aliphatic carbocycles. The summed E-state index contributed by atoms with van der Waals surface area (Å²) in [7, 11) is 1.96. The smallest absolute Gasteiger partial charge is 0.0717 e. The second-order valence-corrected chi connectivity index (χ2v) is 5.26. The van der Waals surface area contributed by atoms with E-state index >= 15 is 0 Å². The third-order valence-electron chi connectivity index (χ3n) is 2.71. The normalized spacial score (nSPS) is 10.7. The monoisotopic (exact) mass is 261 g/mol. The minimum atomic E-state index is 0.697. The lowest BCUT2D eigenvalue weighted by atomic mass is 10.1. The van der Waals surface area contributed by atoms with Crippen molar-refractivity contribution in [2.75, 3.05) is 13.7 Å². The molecule has 2 nitrogen and oxygen atoms in total. The van der Waals surface area contributed by atoms with Crippen LogP contribution in [-0.4, -0.2) is 13.7 Å². The van der Waals surface area contributed by atoms with E-state index in [0.29, 0.717) is 6.61 Å². The van der Waals surface area contributed by atoms with Crippen LogP contribution < -0.4 is 5.32 Å². The van der Waals surface area contributed by atoms with Gasteiger partial charge in [-0.25, -0.2) is 0 Å². The highest BCUT2D eigenvalue weighted by atomic mass is 32.1. The Morgan fingerprint density at radius 2 is 2.06 bits per heavy atom. The summed E-state index contributed by atoms with van der Waals surface area (Å²) in [5.74, 6) is 0. The molecule has 0 radical (unpaired) electrons. The maximum atomic E-state index is 5.71. The fourth-order valence-electron chi connectivity index (χ4n) is 1.85. The first kappa shape index (κ1) is 13.3. The van der Waals surface area contributed by atoms with E-state index in [1.54, 1.807) is 11.3 Å². The third kappa shape index (κ3) is 4.26. The molecule has 1 heterocycles. The van der Waals surface area contributed by atoms with Gasteiger partial charge < -0.3 is 10.1 Å². The van der Waals surface area contributed by atoms with Gasteiger partial charge in [0.1, 0.15) is 0 Å². The molecule has 96 valence electrons. The summed E-state index contributed by atoms with van der Waals surface area (Å²) in [6.45, 7) is 2.39. The van der Waals surface area contributed by atoms with Crippen LogP contribution in [0.5, 0.6) is 0 Å². The number of hydrogen-bond donors (Lipinski definition) is 1. The molecule has 1 aromatic heterocycles. The fourth-order valence-corrected chi connectivity index (χ4v) is 2.54. The van der Waals surface area contributed by atoms with Gasteiger partial charge in [-0.1, -0.05) is 30.3 Å². The van der Waals surface area contributed by atoms with Gasteiger partial charge in [-0.05, 0) is 29.6 Å². The quantitative estimate of drug-likeness (QED) is 0.773. The number of ether oxygens (including phenoxy) is 1. The molecule has 18 heavy (non-hydrogen) atoms. The Kier molecular flexibility index (Phi) is 5.39. The zero-order chi connectivity index (χ0) is 12.6. The zero-order valence-electron chi connectivity index (χ0n) is 10.7. The maximum absolute atomic E-state index is 5.71. The van der Waals surface area contributed by atoms with Crippen LogP contribution in [0, 0.1) is 0 Å². The molecule has 0 saturated carbocycles. The topological polar surface area (TPSA) is 21.3 Å². The Morgan fingerprint density at radius 1 is 1.17 bits per heavy atom. The van der Waals surface area contributed by atoms with Gasteiger partial charge in [0, 0.05) is 17.8 Å². The van der Waals surface area contributed by atoms with Crippen molar-refractivity contribution in [1.29, 1.82) is 0 Å². The Balaban J connectivity index is 1.74. The van der Waals surface area contributed by atoms with Crippen molar-refractivity contribution in [1.82, 2.24) is 5.32 Å². The van der Waals surface area contributed by atoms with Crippen LogP contribution in [0.25, 0.3) is 0 Å². The van der Waals surface area contributed by atoms with Gasteiger partial charge in [0.2, 0.25) is 0 Å². The molecule has 0 atom stereocenters. The first-order valence-electron chi connectivity index (χ1n) is 6.21. The van der Waals surface area contributed by atoms with E-state index in [1.807, 2.05) is 7.05 Å². The van der Waals surface area contributed by atoms with Crippen molar-refractivity contribution < 1.29 is 4.74 Å². The number of hydrogen-bond acceptors (Lipinski definition) is 3. The molecule has 1 aromatic carbocycles. The predicted molar refractivity (Wildman–Crippen MR) is 76.9 cm³/mol. The van der Waals surface area contributed by atoms with Gasteiger partial charge in [-0.3, -0.25) is 0 Å². The van der Waals surface area contributed by atoms with Crippen LogP contribution in [0.15, 0.2) is 41.8 Å². The van der Waals surface area contributed by atoms with E-state index in [1.165, 1.54) is 16.0 Å². The second-order valence-electron chi connectivity index (χ2n) is 4.23.